The summed E-state index contributed by atoms with van der Waals surface area (Å²) in [6.45, 7) is 6.29. The predicted octanol–water partition coefficient (Wildman–Crippen LogP) is 1.84. The number of aliphatic hydroxyl groups excluding tert-OH is 2. The lowest BCUT2D eigenvalue weighted by Gasteiger charge is -2.18. The average Bonchev–Trinajstić information content (AvgIpc) is 2.43. The topological polar surface area (TPSA) is 68.2 Å². The third kappa shape index (κ3) is 6.44. The van der Waals surface area contributed by atoms with E-state index < -0.39 is 12.2 Å². The van der Waals surface area contributed by atoms with Crippen molar-refractivity contribution >= 4 is 0 Å². The molecule has 1 aromatic carbocycles. The molecule has 0 aliphatic carbocycles. The van der Waals surface area contributed by atoms with E-state index in [9.17, 15) is 10.2 Å². The zero-order valence-electron chi connectivity index (χ0n) is 13.2. The fraction of sp³-hybridized carbons (Fsp3) is 0.625. The molecule has 2 N–H and O–H groups in total. The summed E-state index contributed by atoms with van der Waals surface area (Å²) < 4.78 is 16.0. The summed E-state index contributed by atoms with van der Waals surface area (Å²) in [6, 6.07) is 5.60. The van der Waals surface area contributed by atoms with Gasteiger partial charge in [-0.05, 0) is 32.4 Å². The molecule has 3 atom stereocenters. The first-order chi connectivity index (χ1) is 9.93. The lowest BCUT2D eigenvalue weighted by atomic mass is 10.1. The number of aliphatic hydroxyl groups is 2. The van der Waals surface area contributed by atoms with Crippen LogP contribution in [0.25, 0.3) is 0 Å². The van der Waals surface area contributed by atoms with Crippen LogP contribution in [0.3, 0.4) is 0 Å². The Balaban J connectivity index is 2.49. The van der Waals surface area contributed by atoms with Gasteiger partial charge in [-0.15, -0.1) is 0 Å². The SMILES string of the molecule is COCC(C)OCC(O)COc1cc(C)ccc1[C@@H](C)O. The van der Waals surface area contributed by atoms with Crippen molar-refractivity contribution < 1.29 is 24.4 Å². The fourth-order valence-electron chi connectivity index (χ4n) is 1.90. The first-order valence-electron chi connectivity index (χ1n) is 7.14. The van der Waals surface area contributed by atoms with Gasteiger partial charge in [0.1, 0.15) is 18.5 Å². The zero-order chi connectivity index (χ0) is 15.8. The average molecular weight is 298 g/mol. The maximum atomic E-state index is 9.87. The monoisotopic (exact) mass is 298 g/mol. The number of benzene rings is 1. The number of methoxy groups -OCH3 is 1. The van der Waals surface area contributed by atoms with Gasteiger partial charge in [0.15, 0.2) is 0 Å². The van der Waals surface area contributed by atoms with Crippen molar-refractivity contribution in [2.45, 2.75) is 39.1 Å². The Labute approximate surface area is 126 Å². The summed E-state index contributed by atoms with van der Waals surface area (Å²) in [5.41, 5.74) is 1.75. The Morgan fingerprint density at radius 1 is 1.10 bits per heavy atom. The first kappa shape index (κ1) is 17.9. The van der Waals surface area contributed by atoms with Crippen LogP contribution in [0.15, 0.2) is 18.2 Å². The summed E-state index contributed by atoms with van der Waals surface area (Å²) in [6.07, 6.45) is -1.42. The van der Waals surface area contributed by atoms with Crippen LogP contribution in [0.1, 0.15) is 31.1 Å². The summed E-state index contributed by atoms with van der Waals surface area (Å²) in [4.78, 5) is 0. The van der Waals surface area contributed by atoms with Crippen LogP contribution < -0.4 is 4.74 Å². The number of ether oxygens (including phenoxy) is 3. The van der Waals surface area contributed by atoms with Crippen molar-refractivity contribution in [1.29, 1.82) is 0 Å². The molecular weight excluding hydrogens is 272 g/mol. The molecule has 0 heterocycles. The second-order valence-electron chi connectivity index (χ2n) is 5.28. The third-order valence-electron chi connectivity index (χ3n) is 3.02. The summed E-state index contributed by atoms with van der Waals surface area (Å²) >= 11 is 0. The van der Waals surface area contributed by atoms with Crippen LogP contribution in [0.2, 0.25) is 0 Å². The molecule has 0 aliphatic rings. The maximum absolute atomic E-state index is 9.87. The van der Waals surface area contributed by atoms with Crippen LogP contribution in [-0.2, 0) is 9.47 Å². The van der Waals surface area contributed by atoms with Crippen LogP contribution in [0, 0.1) is 6.92 Å². The highest BCUT2D eigenvalue weighted by Gasteiger charge is 2.13. The van der Waals surface area contributed by atoms with Crippen molar-refractivity contribution in [3.63, 3.8) is 0 Å². The summed E-state index contributed by atoms with van der Waals surface area (Å²) in [5, 5.41) is 19.6. The molecule has 5 heteroatoms. The van der Waals surface area contributed by atoms with Gasteiger partial charge >= 0.3 is 0 Å². The number of hydrogen-bond acceptors (Lipinski definition) is 5. The van der Waals surface area contributed by atoms with Gasteiger partial charge in [-0.3, -0.25) is 0 Å². The van der Waals surface area contributed by atoms with E-state index in [-0.39, 0.29) is 19.3 Å². The maximum Gasteiger partial charge on any atom is 0.125 e. The molecule has 0 saturated heterocycles. The van der Waals surface area contributed by atoms with Crippen LogP contribution in [0.5, 0.6) is 5.75 Å². The molecule has 2 unspecified atom stereocenters. The van der Waals surface area contributed by atoms with E-state index in [4.69, 9.17) is 14.2 Å². The zero-order valence-corrected chi connectivity index (χ0v) is 13.2. The molecule has 0 spiro atoms. The van der Waals surface area contributed by atoms with Crippen LogP contribution in [0.4, 0.5) is 0 Å². The van der Waals surface area contributed by atoms with E-state index in [1.54, 1.807) is 14.0 Å². The molecule has 0 radical (unpaired) electrons. The van der Waals surface area contributed by atoms with E-state index in [1.807, 2.05) is 32.0 Å². The Hall–Kier alpha value is -1.14. The number of hydrogen-bond donors (Lipinski definition) is 2. The van der Waals surface area contributed by atoms with E-state index >= 15 is 0 Å². The van der Waals surface area contributed by atoms with Crippen LogP contribution in [-0.4, -0.2) is 49.4 Å². The molecule has 0 saturated carbocycles. The van der Waals surface area contributed by atoms with Crippen molar-refractivity contribution in [1.82, 2.24) is 0 Å². The van der Waals surface area contributed by atoms with E-state index in [0.717, 1.165) is 5.56 Å². The van der Waals surface area contributed by atoms with Crippen molar-refractivity contribution in [2.24, 2.45) is 0 Å². The van der Waals surface area contributed by atoms with Gasteiger partial charge in [0, 0.05) is 12.7 Å². The van der Waals surface area contributed by atoms with Crippen molar-refractivity contribution in [3.05, 3.63) is 29.3 Å². The molecule has 0 aliphatic heterocycles. The Morgan fingerprint density at radius 2 is 1.81 bits per heavy atom. The summed E-state index contributed by atoms with van der Waals surface area (Å²) in [7, 11) is 1.61. The largest absolute Gasteiger partial charge is 0.490 e. The van der Waals surface area contributed by atoms with Gasteiger partial charge in [0.25, 0.3) is 0 Å². The van der Waals surface area contributed by atoms with Gasteiger partial charge in [-0.1, -0.05) is 12.1 Å². The van der Waals surface area contributed by atoms with Crippen LogP contribution >= 0.6 is 0 Å². The Morgan fingerprint density at radius 3 is 2.43 bits per heavy atom. The van der Waals surface area contributed by atoms with Gasteiger partial charge in [-0.25, -0.2) is 0 Å². The third-order valence-corrected chi connectivity index (χ3v) is 3.02. The lowest BCUT2D eigenvalue weighted by molar-refractivity contribution is -0.0425. The number of rotatable bonds is 9. The highest BCUT2D eigenvalue weighted by molar-refractivity contribution is 5.38. The second kappa shape index (κ2) is 9.00. The highest BCUT2D eigenvalue weighted by Crippen LogP contribution is 2.26. The molecule has 0 fully saturated rings. The predicted molar refractivity (Wildman–Crippen MR) is 80.6 cm³/mol. The highest BCUT2D eigenvalue weighted by atomic mass is 16.5. The molecule has 0 amide bonds. The first-order valence-corrected chi connectivity index (χ1v) is 7.14. The van der Waals surface area contributed by atoms with Gasteiger partial charge in [0.2, 0.25) is 0 Å². The van der Waals surface area contributed by atoms with Crippen molar-refractivity contribution in [3.8, 4) is 5.75 Å². The Kier molecular flexibility index (Phi) is 7.67. The fourth-order valence-corrected chi connectivity index (χ4v) is 1.90. The Bertz CT molecular complexity index is 419. The van der Waals surface area contributed by atoms with Gasteiger partial charge in [0.05, 0.1) is 25.4 Å². The number of aryl methyl sites for hydroxylation is 1. The molecule has 0 aromatic heterocycles. The van der Waals surface area contributed by atoms with E-state index in [2.05, 4.69) is 0 Å². The molecule has 1 rings (SSSR count). The normalized spacial score (nSPS) is 15.5. The molecular formula is C16H26O5. The van der Waals surface area contributed by atoms with Crippen molar-refractivity contribution in [2.75, 3.05) is 26.9 Å². The lowest BCUT2D eigenvalue weighted by Crippen LogP contribution is -2.27. The minimum Gasteiger partial charge on any atom is -0.490 e. The molecule has 1 aromatic rings. The molecule has 5 nitrogen and oxygen atoms in total. The van der Waals surface area contributed by atoms with Gasteiger partial charge < -0.3 is 24.4 Å². The standard InChI is InChI=1S/C16H26O5/c1-11-5-6-15(13(3)17)16(7-11)21-10-14(18)9-20-12(2)8-19-4/h5-7,12-14,17-18H,8-10H2,1-4H3/t12?,13-,14?/m1/s1. The molecule has 120 valence electrons. The summed E-state index contributed by atoms with van der Waals surface area (Å²) in [5.74, 6) is 0.592. The van der Waals surface area contributed by atoms with E-state index in [0.29, 0.717) is 17.9 Å². The minimum absolute atomic E-state index is 0.0726. The van der Waals surface area contributed by atoms with E-state index in [1.165, 1.54) is 0 Å². The second-order valence-corrected chi connectivity index (χ2v) is 5.28. The van der Waals surface area contributed by atoms with Gasteiger partial charge in [-0.2, -0.15) is 0 Å². The smallest absolute Gasteiger partial charge is 0.125 e. The minimum atomic E-state index is -0.730. The molecule has 0 bridgehead atoms. The molecule has 21 heavy (non-hydrogen) atoms. The quantitative estimate of drug-likeness (QED) is 0.728.